The number of hydrogen-bond acceptors (Lipinski definition) is 4. The van der Waals surface area contributed by atoms with Crippen molar-refractivity contribution >= 4 is 5.97 Å². The molecule has 96 valence electrons. The number of rotatable bonds is 8. The molecule has 0 aliphatic rings. The van der Waals surface area contributed by atoms with E-state index in [1.54, 1.807) is 13.8 Å². The third-order valence-electron chi connectivity index (χ3n) is 2.50. The van der Waals surface area contributed by atoms with Crippen molar-refractivity contribution in [2.24, 2.45) is 5.92 Å². The summed E-state index contributed by atoms with van der Waals surface area (Å²) in [6.07, 6.45) is 1.44. The van der Waals surface area contributed by atoms with Crippen molar-refractivity contribution in [1.82, 2.24) is 0 Å². The molecule has 0 bridgehead atoms. The quantitative estimate of drug-likeness (QED) is 0.648. The third kappa shape index (κ3) is 4.94. The maximum absolute atomic E-state index is 11.7. The topological polar surface area (TPSA) is 55.8 Å². The van der Waals surface area contributed by atoms with Crippen LogP contribution in [0.5, 0.6) is 0 Å². The van der Waals surface area contributed by atoms with Crippen LogP contribution in [0.15, 0.2) is 0 Å². The number of ether oxygens (including phenoxy) is 2. The van der Waals surface area contributed by atoms with E-state index < -0.39 is 11.5 Å². The second-order valence-electron chi connectivity index (χ2n) is 4.09. The van der Waals surface area contributed by atoms with Gasteiger partial charge in [-0.2, -0.15) is 0 Å². The summed E-state index contributed by atoms with van der Waals surface area (Å²) in [5.74, 6) is -0.849. The van der Waals surface area contributed by atoms with E-state index in [0.717, 1.165) is 6.42 Å². The van der Waals surface area contributed by atoms with Gasteiger partial charge in [-0.05, 0) is 27.2 Å². The second kappa shape index (κ2) is 7.63. The van der Waals surface area contributed by atoms with Crippen LogP contribution >= 0.6 is 0 Å². The molecule has 0 spiro atoms. The maximum Gasteiger partial charge on any atom is 0.311 e. The molecule has 2 atom stereocenters. The summed E-state index contributed by atoms with van der Waals surface area (Å²) in [4.78, 5) is 11.7. The van der Waals surface area contributed by atoms with Gasteiger partial charge in [-0.15, -0.1) is 0 Å². The number of carbonyl (C=O) groups excluding carboxylic acids is 1. The van der Waals surface area contributed by atoms with Crippen molar-refractivity contribution in [3.05, 3.63) is 0 Å². The summed E-state index contributed by atoms with van der Waals surface area (Å²) < 4.78 is 10.2. The highest BCUT2D eigenvalue weighted by Crippen LogP contribution is 2.24. The fourth-order valence-electron chi connectivity index (χ4n) is 1.62. The lowest BCUT2D eigenvalue weighted by Crippen LogP contribution is -2.44. The fraction of sp³-hybridized carbons (Fsp3) is 0.917. The van der Waals surface area contributed by atoms with Crippen LogP contribution in [0.3, 0.4) is 0 Å². The molecule has 0 aliphatic heterocycles. The molecule has 0 saturated carbocycles. The average molecular weight is 232 g/mol. The second-order valence-corrected chi connectivity index (χ2v) is 4.09. The molecule has 1 N–H and O–H groups in total. The summed E-state index contributed by atoms with van der Waals surface area (Å²) in [5, 5.41) is 10.2. The van der Waals surface area contributed by atoms with Crippen LogP contribution in [0, 0.1) is 5.92 Å². The Balaban J connectivity index is 4.53. The Morgan fingerprint density at radius 1 is 1.31 bits per heavy atom. The van der Waals surface area contributed by atoms with Crippen LogP contribution in [-0.4, -0.2) is 36.5 Å². The average Bonchev–Trinajstić information content (AvgIpc) is 2.23. The summed E-state index contributed by atoms with van der Waals surface area (Å²) in [6, 6.07) is 0. The Morgan fingerprint density at radius 2 is 1.94 bits per heavy atom. The zero-order chi connectivity index (χ0) is 12.6. The number of hydrogen-bond donors (Lipinski definition) is 1. The molecule has 0 aromatic carbocycles. The molecule has 0 aliphatic carbocycles. The first kappa shape index (κ1) is 15.4. The minimum Gasteiger partial charge on any atom is -0.466 e. The zero-order valence-corrected chi connectivity index (χ0v) is 10.8. The highest BCUT2D eigenvalue weighted by molar-refractivity contribution is 5.73. The lowest BCUT2D eigenvalue weighted by Gasteiger charge is -2.30. The molecule has 0 aromatic heterocycles. The first-order chi connectivity index (χ1) is 7.49. The summed E-state index contributed by atoms with van der Waals surface area (Å²) in [6.45, 7) is 8.24. The predicted octanol–water partition coefficient (Wildman–Crippen LogP) is 1.75. The molecule has 0 amide bonds. The first-order valence-electron chi connectivity index (χ1n) is 5.96. The monoisotopic (exact) mass is 232 g/mol. The standard InChI is InChI=1S/C12H24O4/c1-5-8-10(11(13)16-7-3)12(4,14)9-15-6-2/h10,14H,5-9H2,1-4H3. The van der Waals surface area contributed by atoms with Gasteiger partial charge in [0.05, 0.1) is 24.7 Å². The molecule has 0 fully saturated rings. The van der Waals surface area contributed by atoms with Crippen molar-refractivity contribution in [2.75, 3.05) is 19.8 Å². The number of esters is 1. The van der Waals surface area contributed by atoms with Gasteiger partial charge in [-0.3, -0.25) is 4.79 Å². The lowest BCUT2D eigenvalue weighted by atomic mass is 9.86. The van der Waals surface area contributed by atoms with E-state index in [4.69, 9.17) is 9.47 Å². The highest BCUT2D eigenvalue weighted by atomic mass is 16.5. The van der Waals surface area contributed by atoms with Crippen LogP contribution < -0.4 is 0 Å². The maximum atomic E-state index is 11.7. The summed E-state index contributed by atoms with van der Waals surface area (Å²) >= 11 is 0. The smallest absolute Gasteiger partial charge is 0.311 e. The minimum atomic E-state index is -1.15. The lowest BCUT2D eigenvalue weighted by molar-refractivity contribution is -0.162. The highest BCUT2D eigenvalue weighted by Gasteiger charge is 2.37. The van der Waals surface area contributed by atoms with Gasteiger partial charge in [0.2, 0.25) is 0 Å². The van der Waals surface area contributed by atoms with E-state index >= 15 is 0 Å². The normalized spacial score (nSPS) is 16.6. The molecular weight excluding hydrogens is 208 g/mol. The number of aliphatic hydroxyl groups is 1. The van der Waals surface area contributed by atoms with E-state index in [9.17, 15) is 9.90 Å². The number of carbonyl (C=O) groups is 1. The minimum absolute atomic E-state index is 0.160. The van der Waals surface area contributed by atoms with Crippen LogP contribution in [0.25, 0.3) is 0 Å². The van der Waals surface area contributed by atoms with Gasteiger partial charge in [0.25, 0.3) is 0 Å². The summed E-state index contributed by atoms with van der Waals surface area (Å²) in [5.41, 5.74) is -1.15. The van der Waals surface area contributed by atoms with Gasteiger partial charge >= 0.3 is 5.97 Å². The Bertz CT molecular complexity index is 201. The van der Waals surface area contributed by atoms with Crippen molar-refractivity contribution < 1.29 is 19.4 Å². The van der Waals surface area contributed by atoms with Crippen molar-refractivity contribution in [1.29, 1.82) is 0 Å². The molecule has 0 aromatic rings. The molecule has 0 heterocycles. The molecule has 16 heavy (non-hydrogen) atoms. The van der Waals surface area contributed by atoms with Crippen molar-refractivity contribution in [3.8, 4) is 0 Å². The molecule has 0 radical (unpaired) electrons. The van der Waals surface area contributed by atoms with Gasteiger partial charge in [0.1, 0.15) is 0 Å². The van der Waals surface area contributed by atoms with Gasteiger partial charge in [0, 0.05) is 6.61 Å². The Kier molecular flexibility index (Phi) is 7.34. The van der Waals surface area contributed by atoms with Gasteiger partial charge < -0.3 is 14.6 Å². The SMILES string of the molecule is CCCC(C(=O)OCC)C(C)(O)COCC. The van der Waals surface area contributed by atoms with Crippen LogP contribution in [-0.2, 0) is 14.3 Å². The third-order valence-corrected chi connectivity index (χ3v) is 2.50. The van der Waals surface area contributed by atoms with Gasteiger partial charge in [-0.1, -0.05) is 13.3 Å². The summed E-state index contributed by atoms with van der Waals surface area (Å²) in [7, 11) is 0. The molecule has 0 rings (SSSR count). The molecule has 4 heteroatoms. The van der Waals surface area contributed by atoms with Gasteiger partial charge in [-0.25, -0.2) is 0 Å². The predicted molar refractivity (Wildman–Crippen MR) is 62.1 cm³/mol. The van der Waals surface area contributed by atoms with E-state index in [1.165, 1.54) is 0 Å². The van der Waals surface area contributed by atoms with Crippen LogP contribution in [0.2, 0.25) is 0 Å². The Morgan fingerprint density at radius 3 is 2.38 bits per heavy atom. The van der Waals surface area contributed by atoms with Crippen molar-refractivity contribution in [2.45, 2.75) is 46.1 Å². The Hall–Kier alpha value is -0.610. The van der Waals surface area contributed by atoms with E-state index in [2.05, 4.69) is 0 Å². The van der Waals surface area contributed by atoms with E-state index in [0.29, 0.717) is 19.6 Å². The Labute approximate surface area is 97.9 Å². The van der Waals surface area contributed by atoms with Crippen molar-refractivity contribution in [3.63, 3.8) is 0 Å². The zero-order valence-electron chi connectivity index (χ0n) is 10.8. The molecule has 2 unspecified atom stereocenters. The van der Waals surface area contributed by atoms with Crippen LogP contribution in [0.4, 0.5) is 0 Å². The first-order valence-corrected chi connectivity index (χ1v) is 5.96. The van der Waals surface area contributed by atoms with E-state index in [-0.39, 0.29) is 12.6 Å². The van der Waals surface area contributed by atoms with Crippen LogP contribution in [0.1, 0.15) is 40.5 Å². The van der Waals surface area contributed by atoms with Gasteiger partial charge in [0.15, 0.2) is 0 Å². The largest absolute Gasteiger partial charge is 0.466 e. The fourth-order valence-corrected chi connectivity index (χ4v) is 1.62. The molecule has 0 saturated heterocycles. The van der Waals surface area contributed by atoms with E-state index in [1.807, 2.05) is 13.8 Å². The molecular formula is C12H24O4. The molecule has 4 nitrogen and oxygen atoms in total.